The van der Waals surface area contributed by atoms with E-state index >= 15 is 0 Å². The van der Waals surface area contributed by atoms with E-state index in [0.717, 1.165) is 6.07 Å². The van der Waals surface area contributed by atoms with Crippen LogP contribution in [-0.2, 0) is 9.59 Å². The fraction of sp³-hybridized carbons (Fsp3) is 0.438. The standard InChI is InChI=1S/C16H21FN2O5/c1-9(2)6-12(16(22)23)19-14(20)8-18-15(21)10-4-5-13(24-3)11(17)7-10/h4-5,7,9,12H,6,8H2,1-3H3,(H,18,21)(H,19,20)(H,22,23)/t12-/m0/s1. The Balaban J connectivity index is 2.58. The Bertz CT molecular complexity index is 618. The Morgan fingerprint density at radius 1 is 1.29 bits per heavy atom. The minimum absolute atomic E-state index is 0.00211. The van der Waals surface area contributed by atoms with Gasteiger partial charge in [-0.05, 0) is 30.5 Å². The maximum Gasteiger partial charge on any atom is 0.326 e. The first-order valence-electron chi connectivity index (χ1n) is 7.38. The molecule has 0 fully saturated rings. The van der Waals surface area contributed by atoms with Gasteiger partial charge in [-0.3, -0.25) is 9.59 Å². The molecule has 24 heavy (non-hydrogen) atoms. The number of amides is 2. The molecule has 0 aromatic heterocycles. The van der Waals surface area contributed by atoms with Crippen LogP contribution in [0.5, 0.6) is 5.75 Å². The Labute approximate surface area is 139 Å². The second-order valence-electron chi connectivity index (χ2n) is 5.62. The van der Waals surface area contributed by atoms with Gasteiger partial charge in [0.05, 0.1) is 13.7 Å². The van der Waals surface area contributed by atoms with Gasteiger partial charge < -0.3 is 20.5 Å². The molecule has 0 spiro atoms. The maximum absolute atomic E-state index is 13.5. The second-order valence-corrected chi connectivity index (χ2v) is 5.62. The van der Waals surface area contributed by atoms with Crippen molar-refractivity contribution in [1.82, 2.24) is 10.6 Å². The molecule has 1 aromatic carbocycles. The van der Waals surface area contributed by atoms with E-state index in [1.165, 1.54) is 19.2 Å². The Hall–Kier alpha value is -2.64. The fourth-order valence-electron chi connectivity index (χ4n) is 2.01. The van der Waals surface area contributed by atoms with Crippen LogP contribution >= 0.6 is 0 Å². The van der Waals surface area contributed by atoms with Crippen molar-refractivity contribution in [2.45, 2.75) is 26.3 Å². The van der Waals surface area contributed by atoms with Crippen LogP contribution in [0.3, 0.4) is 0 Å². The zero-order valence-corrected chi connectivity index (χ0v) is 13.8. The number of benzene rings is 1. The summed E-state index contributed by atoms with van der Waals surface area (Å²) in [6, 6.07) is 2.62. The summed E-state index contributed by atoms with van der Waals surface area (Å²) in [6.45, 7) is 3.26. The molecule has 0 aliphatic rings. The first kappa shape index (κ1) is 19.4. The molecule has 132 valence electrons. The number of carboxylic acids is 1. The molecule has 2 amide bonds. The molecule has 0 saturated heterocycles. The highest BCUT2D eigenvalue weighted by molar-refractivity contribution is 5.97. The lowest BCUT2D eigenvalue weighted by atomic mass is 10.0. The predicted octanol–water partition coefficient (Wildman–Crippen LogP) is 1.18. The molecule has 0 aliphatic carbocycles. The first-order valence-corrected chi connectivity index (χ1v) is 7.38. The van der Waals surface area contributed by atoms with Crippen LogP contribution in [0.15, 0.2) is 18.2 Å². The van der Waals surface area contributed by atoms with E-state index in [1.54, 1.807) is 0 Å². The topological polar surface area (TPSA) is 105 Å². The van der Waals surface area contributed by atoms with Crippen LogP contribution in [0, 0.1) is 11.7 Å². The molecule has 7 nitrogen and oxygen atoms in total. The summed E-state index contributed by atoms with van der Waals surface area (Å²) in [7, 11) is 1.30. The van der Waals surface area contributed by atoms with Crippen LogP contribution in [0.25, 0.3) is 0 Å². The third-order valence-corrected chi connectivity index (χ3v) is 3.16. The molecule has 8 heteroatoms. The number of methoxy groups -OCH3 is 1. The van der Waals surface area contributed by atoms with Gasteiger partial charge in [0.1, 0.15) is 6.04 Å². The van der Waals surface area contributed by atoms with Crippen LogP contribution in [-0.4, -0.2) is 42.6 Å². The summed E-state index contributed by atoms with van der Waals surface area (Å²) in [6.07, 6.45) is 0.276. The average molecular weight is 340 g/mol. The van der Waals surface area contributed by atoms with Crippen molar-refractivity contribution in [3.05, 3.63) is 29.6 Å². The number of carbonyl (C=O) groups is 3. The second kappa shape index (κ2) is 8.85. The Morgan fingerprint density at radius 2 is 1.96 bits per heavy atom. The van der Waals surface area contributed by atoms with E-state index in [2.05, 4.69) is 10.6 Å². The average Bonchev–Trinajstić information content (AvgIpc) is 2.51. The molecule has 1 atom stereocenters. The monoisotopic (exact) mass is 340 g/mol. The number of aliphatic carboxylic acids is 1. The Morgan fingerprint density at radius 3 is 2.46 bits per heavy atom. The molecule has 1 aromatic rings. The van der Waals surface area contributed by atoms with Crippen molar-refractivity contribution in [3.63, 3.8) is 0 Å². The number of ether oxygens (including phenoxy) is 1. The van der Waals surface area contributed by atoms with Gasteiger partial charge in [0.25, 0.3) is 5.91 Å². The molecule has 1 rings (SSSR count). The van der Waals surface area contributed by atoms with E-state index in [-0.39, 0.29) is 23.7 Å². The summed E-state index contributed by atoms with van der Waals surface area (Å²) < 4.78 is 18.3. The number of rotatable bonds is 8. The summed E-state index contributed by atoms with van der Waals surface area (Å²) in [5, 5.41) is 13.7. The number of hydrogen-bond acceptors (Lipinski definition) is 4. The van der Waals surface area contributed by atoms with Crippen LogP contribution in [0.4, 0.5) is 4.39 Å². The number of nitrogens with one attached hydrogen (secondary N) is 2. The minimum Gasteiger partial charge on any atom is -0.494 e. The van der Waals surface area contributed by atoms with Crippen LogP contribution in [0.1, 0.15) is 30.6 Å². The van der Waals surface area contributed by atoms with Crippen molar-refractivity contribution in [1.29, 1.82) is 0 Å². The summed E-state index contributed by atoms with van der Waals surface area (Å²) in [5.74, 6) is -3.03. The molecular weight excluding hydrogens is 319 g/mol. The molecule has 0 saturated carbocycles. The van der Waals surface area contributed by atoms with Gasteiger partial charge in [-0.1, -0.05) is 13.8 Å². The third kappa shape index (κ3) is 5.86. The molecule has 0 aliphatic heterocycles. The lowest BCUT2D eigenvalue weighted by molar-refractivity contribution is -0.142. The Kier molecular flexibility index (Phi) is 7.16. The largest absolute Gasteiger partial charge is 0.494 e. The van der Waals surface area contributed by atoms with Crippen molar-refractivity contribution in [3.8, 4) is 5.75 Å². The fourth-order valence-corrected chi connectivity index (χ4v) is 2.01. The highest BCUT2D eigenvalue weighted by atomic mass is 19.1. The van der Waals surface area contributed by atoms with Gasteiger partial charge >= 0.3 is 5.97 Å². The lowest BCUT2D eigenvalue weighted by Crippen LogP contribution is -2.46. The zero-order valence-electron chi connectivity index (χ0n) is 13.8. The van der Waals surface area contributed by atoms with E-state index < -0.39 is 36.2 Å². The highest BCUT2D eigenvalue weighted by Gasteiger charge is 2.21. The van der Waals surface area contributed by atoms with Crippen molar-refractivity contribution in [2.75, 3.05) is 13.7 Å². The molecule has 0 unspecified atom stereocenters. The quantitative estimate of drug-likeness (QED) is 0.659. The number of hydrogen-bond donors (Lipinski definition) is 3. The van der Waals surface area contributed by atoms with Crippen LogP contribution in [0.2, 0.25) is 0 Å². The van der Waals surface area contributed by atoms with E-state index in [1.807, 2.05) is 13.8 Å². The van der Waals surface area contributed by atoms with Crippen molar-refractivity contribution >= 4 is 17.8 Å². The lowest BCUT2D eigenvalue weighted by Gasteiger charge is -2.16. The molecule has 0 bridgehead atoms. The van der Waals surface area contributed by atoms with E-state index in [9.17, 15) is 18.8 Å². The van der Waals surface area contributed by atoms with Gasteiger partial charge in [-0.25, -0.2) is 9.18 Å². The number of carbonyl (C=O) groups excluding carboxylic acids is 2. The summed E-state index contributed by atoms with van der Waals surface area (Å²) >= 11 is 0. The molecule has 0 heterocycles. The molecule has 3 N–H and O–H groups in total. The van der Waals surface area contributed by atoms with Gasteiger partial charge in [-0.15, -0.1) is 0 Å². The maximum atomic E-state index is 13.5. The van der Waals surface area contributed by atoms with E-state index in [0.29, 0.717) is 0 Å². The smallest absolute Gasteiger partial charge is 0.326 e. The van der Waals surface area contributed by atoms with Crippen molar-refractivity contribution < 1.29 is 28.6 Å². The van der Waals surface area contributed by atoms with Gasteiger partial charge in [0.2, 0.25) is 5.91 Å². The number of carboxylic acid groups (broad SMARTS) is 1. The molecule has 0 radical (unpaired) electrons. The molecular formula is C16H21FN2O5. The van der Waals surface area contributed by atoms with E-state index in [4.69, 9.17) is 9.84 Å². The van der Waals surface area contributed by atoms with Gasteiger partial charge in [0, 0.05) is 5.56 Å². The first-order chi connectivity index (χ1) is 11.2. The van der Waals surface area contributed by atoms with Gasteiger partial charge in [-0.2, -0.15) is 0 Å². The van der Waals surface area contributed by atoms with Crippen molar-refractivity contribution in [2.24, 2.45) is 5.92 Å². The normalized spacial score (nSPS) is 11.7. The number of halogens is 1. The van der Waals surface area contributed by atoms with Gasteiger partial charge in [0.15, 0.2) is 11.6 Å². The summed E-state index contributed by atoms with van der Waals surface area (Å²) in [4.78, 5) is 34.7. The zero-order chi connectivity index (χ0) is 18.3. The minimum atomic E-state index is -1.14. The summed E-state index contributed by atoms with van der Waals surface area (Å²) in [5.41, 5.74) is 0.0260. The SMILES string of the molecule is COc1ccc(C(=O)NCC(=O)N[C@@H](CC(C)C)C(=O)O)cc1F. The highest BCUT2D eigenvalue weighted by Crippen LogP contribution is 2.17. The predicted molar refractivity (Wildman–Crippen MR) is 84.3 cm³/mol. The van der Waals surface area contributed by atoms with Crippen LogP contribution < -0.4 is 15.4 Å². The third-order valence-electron chi connectivity index (χ3n) is 3.16.